The topological polar surface area (TPSA) is 153 Å². The van der Waals surface area contributed by atoms with Crippen LogP contribution in [0, 0.1) is 6.92 Å². The van der Waals surface area contributed by atoms with Gasteiger partial charge in [0.25, 0.3) is 5.91 Å². The quantitative estimate of drug-likeness (QED) is 0.480. The zero-order valence-corrected chi connectivity index (χ0v) is 13.0. The van der Waals surface area contributed by atoms with E-state index in [1.165, 1.54) is 6.07 Å². The van der Waals surface area contributed by atoms with Crippen molar-refractivity contribution < 1.29 is 9.21 Å². The third-order valence-electron chi connectivity index (χ3n) is 3.07. The summed E-state index contributed by atoms with van der Waals surface area (Å²) in [7, 11) is 0. The summed E-state index contributed by atoms with van der Waals surface area (Å²) in [5.74, 6) is 0.644. The Morgan fingerprint density at radius 2 is 2.17 bits per heavy atom. The van der Waals surface area contributed by atoms with E-state index in [0.29, 0.717) is 17.2 Å². The first kappa shape index (κ1) is 16.9. The van der Waals surface area contributed by atoms with Gasteiger partial charge in [-0.2, -0.15) is 0 Å². The van der Waals surface area contributed by atoms with Crippen LogP contribution < -0.4 is 5.32 Å². The molecule has 24 heavy (non-hydrogen) atoms. The van der Waals surface area contributed by atoms with Crippen LogP contribution in [0.1, 0.15) is 40.5 Å². The number of carbonyl (C=O) groups is 1. The molecule has 0 saturated carbocycles. The average Bonchev–Trinajstić information content (AvgIpc) is 2.99. The van der Waals surface area contributed by atoms with Crippen LogP contribution in [0.2, 0.25) is 0 Å². The summed E-state index contributed by atoms with van der Waals surface area (Å²) in [6.45, 7) is 3.54. The smallest absolute Gasteiger partial charge is 0.251 e. The maximum absolute atomic E-state index is 12.4. The first-order chi connectivity index (χ1) is 11.5. The molecule has 0 aliphatic rings. The molecule has 1 amide bonds. The standard InChI is InChI=1S/C14H14N8O2/c1-8-6-17-14(24-8)9(2)19-13(23)11-3-10(7-18-21-15)4-12(5-11)20-22-16/h3-6,9H,7H2,1-2H3,(H,19,23). The molecule has 122 valence electrons. The molecule has 2 aromatic rings. The van der Waals surface area contributed by atoms with E-state index in [9.17, 15) is 4.79 Å². The predicted octanol–water partition coefficient (Wildman–Crippen LogP) is 4.23. The van der Waals surface area contributed by atoms with Gasteiger partial charge in [-0.3, -0.25) is 4.79 Å². The fourth-order valence-electron chi connectivity index (χ4n) is 2.03. The van der Waals surface area contributed by atoms with Gasteiger partial charge in [0, 0.05) is 21.1 Å². The zero-order valence-electron chi connectivity index (χ0n) is 13.0. The largest absolute Gasteiger partial charge is 0.444 e. The molecular weight excluding hydrogens is 312 g/mol. The van der Waals surface area contributed by atoms with E-state index in [0.717, 1.165) is 0 Å². The van der Waals surface area contributed by atoms with Gasteiger partial charge in [0.1, 0.15) is 11.8 Å². The first-order valence-corrected chi connectivity index (χ1v) is 6.96. The van der Waals surface area contributed by atoms with E-state index in [1.54, 1.807) is 32.2 Å². The lowest BCUT2D eigenvalue weighted by atomic mass is 10.1. The van der Waals surface area contributed by atoms with Crippen LogP contribution in [0.4, 0.5) is 5.69 Å². The van der Waals surface area contributed by atoms with Crippen LogP contribution in [0.3, 0.4) is 0 Å². The molecule has 0 fully saturated rings. The van der Waals surface area contributed by atoms with Crippen molar-refractivity contribution in [2.75, 3.05) is 0 Å². The predicted molar refractivity (Wildman–Crippen MR) is 85.2 cm³/mol. The highest BCUT2D eigenvalue weighted by molar-refractivity contribution is 5.95. The molecule has 10 nitrogen and oxygen atoms in total. The molecule has 2 rings (SSSR count). The van der Waals surface area contributed by atoms with Crippen LogP contribution in [0.5, 0.6) is 0 Å². The molecule has 1 unspecified atom stereocenters. The van der Waals surface area contributed by atoms with E-state index in [1.807, 2.05) is 0 Å². The van der Waals surface area contributed by atoms with Gasteiger partial charge in [0.05, 0.1) is 12.7 Å². The Labute approximate surface area is 136 Å². The Balaban J connectivity index is 2.25. The number of hydrogen-bond acceptors (Lipinski definition) is 5. The van der Waals surface area contributed by atoms with E-state index in [-0.39, 0.29) is 17.8 Å². The Kier molecular flexibility index (Phi) is 5.40. The second kappa shape index (κ2) is 7.68. The minimum Gasteiger partial charge on any atom is -0.444 e. The van der Waals surface area contributed by atoms with Gasteiger partial charge in [-0.15, -0.1) is 0 Å². The summed E-state index contributed by atoms with van der Waals surface area (Å²) in [4.78, 5) is 21.8. The van der Waals surface area contributed by atoms with Crippen molar-refractivity contribution in [2.45, 2.75) is 26.4 Å². The Morgan fingerprint density at radius 3 is 2.79 bits per heavy atom. The minimum atomic E-state index is -0.435. The Hall–Kier alpha value is -3.48. The number of carbonyl (C=O) groups excluding carboxylic acids is 1. The van der Waals surface area contributed by atoms with Gasteiger partial charge >= 0.3 is 0 Å². The third-order valence-corrected chi connectivity index (χ3v) is 3.07. The first-order valence-electron chi connectivity index (χ1n) is 6.96. The van der Waals surface area contributed by atoms with Gasteiger partial charge in [-0.05, 0) is 48.7 Å². The second-order valence-corrected chi connectivity index (χ2v) is 4.97. The van der Waals surface area contributed by atoms with Gasteiger partial charge in [0.2, 0.25) is 5.89 Å². The van der Waals surface area contributed by atoms with Gasteiger partial charge in [0.15, 0.2) is 0 Å². The number of azide groups is 2. The number of amides is 1. The molecule has 1 heterocycles. The molecule has 1 N–H and O–H groups in total. The molecule has 0 saturated heterocycles. The fraction of sp³-hybridized carbons (Fsp3) is 0.286. The zero-order chi connectivity index (χ0) is 17.5. The van der Waals surface area contributed by atoms with Crippen molar-refractivity contribution in [3.63, 3.8) is 0 Å². The molecule has 0 aliphatic carbocycles. The van der Waals surface area contributed by atoms with Gasteiger partial charge in [-0.25, -0.2) is 4.98 Å². The average molecular weight is 326 g/mol. The minimum absolute atomic E-state index is 0.0417. The van der Waals surface area contributed by atoms with Crippen molar-refractivity contribution in [1.29, 1.82) is 0 Å². The molecule has 0 spiro atoms. The van der Waals surface area contributed by atoms with Crippen LogP contribution in [-0.2, 0) is 6.54 Å². The molecular formula is C14H14N8O2. The molecule has 1 aromatic heterocycles. The lowest BCUT2D eigenvalue weighted by Gasteiger charge is -2.11. The van der Waals surface area contributed by atoms with Crippen LogP contribution in [0.15, 0.2) is 39.0 Å². The maximum atomic E-state index is 12.4. The summed E-state index contributed by atoms with van der Waals surface area (Å²) in [6, 6.07) is 4.12. The molecule has 1 atom stereocenters. The second-order valence-electron chi connectivity index (χ2n) is 4.97. The number of hydrogen-bond donors (Lipinski definition) is 1. The number of aryl methyl sites for hydroxylation is 1. The van der Waals surface area contributed by atoms with E-state index in [4.69, 9.17) is 15.5 Å². The van der Waals surface area contributed by atoms with Crippen molar-refractivity contribution in [3.05, 3.63) is 68.1 Å². The monoisotopic (exact) mass is 326 g/mol. The number of oxazole rings is 1. The molecule has 10 heteroatoms. The number of nitrogens with one attached hydrogen (secondary N) is 1. The highest BCUT2D eigenvalue weighted by atomic mass is 16.4. The summed E-state index contributed by atoms with van der Waals surface area (Å²) in [6.07, 6.45) is 1.57. The van der Waals surface area contributed by atoms with E-state index in [2.05, 4.69) is 30.4 Å². The summed E-state index contributed by atoms with van der Waals surface area (Å²) >= 11 is 0. The molecule has 0 aliphatic heterocycles. The summed E-state index contributed by atoms with van der Waals surface area (Å²) in [5.41, 5.74) is 18.1. The lowest BCUT2D eigenvalue weighted by Crippen LogP contribution is -2.26. The van der Waals surface area contributed by atoms with Crippen molar-refractivity contribution in [1.82, 2.24) is 10.3 Å². The van der Waals surface area contributed by atoms with E-state index < -0.39 is 11.9 Å². The van der Waals surface area contributed by atoms with Crippen molar-refractivity contribution >= 4 is 11.6 Å². The Morgan fingerprint density at radius 1 is 1.38 bits per heavy atom. The van der Waals surface area contributed by atoms with Gasteiger partial charge < -0.3 is 9.73 Å². The van der Waals surface area contributed by atoms with Crippen molar-refractivity contribution in [3.8, 4) is 0 Å². The maximum Gasteiger partial charge on any atom is 0.251 e. The Bertz CT molecular complexity index is 846. The van der Waals surface area contributed by atoms with Gasteiger partial charge in [-0.1, -0.05) is 10.2 Å². The highest BCUT2D eigenvalue weighted by Gasteiger charge is 2.16. The lowest BCUT2D eigenvalue weighted by molar-refractivity contribution is 0.0934. The van der Waals surface area contributed by atoms with Crippen LogP contribution in [-0.4, -0.2) is 10.9 Å². The highest BCUT2D eigenvalue weighted by Crippen LogP contribution is 2.20. The van der Waals surface area contributed by atoms with Crippen molar-refractivity contribution in [2.24, 2.45) is 10.2 Å². The number of rotatable bonds is 6. The normalized spacial score (nSPS) is 11.1. The summed E-state index contributed by atoms with van der Waals surface area (Å²) < 4.78 is 5.37. The third kappa shape index (κ3) is 4.26. The SMILES string of the molecule is Cc1cnc(C(C)NC(=O)c2cc(CN=[N+]=[N-])cc(N=[N+]=[N-])c2)o1. The summed E-state index contributed by atoms with van der Waals surface area (Å²) in [5, 5.41) is 9.68. The number of nitrogens with zero attached hydrogens (tertiary/aromatic N) is 7. The molecule has 1 aromatic carbocycles. The molecule has 0 bridgehead atoms. The fourth-order valence-corrected chi connectivity index (χ4v) is 2.03. The molecule has 0 radical (unpaired) electrons. The number of aromatic nitrogens is 1. The van der Waals surface area contributed by atoms with E-state index >= 15 is 0 Å². The number of benzene rings is 1. The van der Waals surface area contributed by atoms with Crippen LogP contribution in [0.25, 0.3) is 20.9 Å². The van der Waals surface area contributed by atoms with Crippen LogP contribution >= 0.6 is 0 Å².